The Morgan fingerprint density at radius 3 is 2.26 bits per heavy atom. The summed E-state index contributed by atoms with van der Waals surface area (Å²) in [5, 5.41) is 9.50. The summed E-state index contributed by atoms with van der Waals surface area (Å²) in [6.07, 6.45) is 4.26. The summed E-state index contributed by atoms with van der Waals surface area (Å²) in [5.41, 5.74) is 6.15. The van der Waals surface area contributed by atoms with Crippen LogP contribution in [0.3, 0.4) is 0 Å². The highest BCUT2D eigenvalue weighted by molar-refractivity contribution is 6.30. The van der Waals surface area contributed by atoms with Crippen molar-refractivity contribution >= 4 is 17.4 Å². The number of rotatable bonds is 5. The Morgan fingerprint density at radius 2 is 1.58 bits per heavy atom. The van der Waals surface area contributed by atoms with E-state index in [0.29, 0.717) is 0 Å². The van der Waals surface area contributed by atoms with E-state index in [2.05, 4.69) is 76.7 Å². The van der Waals surface area contributed by atoms with E-state index in [1.807, 2.05) is 18.2 Å². The number of anilines is 1. The van der Waals surface area contributed by atoms with Crippen LogP contribution < -0.4 is 5.32 Å². The molecule has 0 bridgehead atoms. The topological polar surface area (TPSA) is 29.9 Å². The zero-order valence-electron chi connectivity index (χ0n) is 17.5. The van der Waals surface area contributed by atoms with E-state index in [9.17, 15) is 0 Å². The zero-order chi connectivity index (χ0) is 21.0. The molecule has 31 heavy (non-hydrogen) atoms. The number of fused-ring (bicyclic) bond motifs is 1. The molecule has 3 nitrogen and oxygen atoms in total. The predicted molar refractivity (Wildman–Crippen MR) is 128 cm³/mol. The van der Waals surface area contributed by atoms with Gasteiger partial charge < -0.3 is 5.32 Å². The molecular formula is C27H26ClN3. The molecule has 1 aromatic heterocycles. The second kappa shape index (κ2) is 8.99. The average Bonchev–Trinajstić information content (AvgIpc) is 2.98. The van der Waals surface area contributed by atoms with E-state index in [1.165, 1.54) is 35.2 Å². The molecular weight excluding hydrogens is 402 g/mol. The molecule has 0 unspecified atom stereocenters. The smallest absolute Gasteiger partial charge is 0.133 e. The lowest BCUT2D eigenvalue weighted by Gasteiger charge is -2.18. The van der Waals surface area contributed by atoms with Gasteiger partial charge in [-0.1, -0.05) is 78.3 Å². The first kappa shape index (κ1) is 19.9. The SMILES string of the molecule is Clc1cccc(-n2nc(CC(c3ccccc3)c3ccccc3)c3c2NCCCC3)c1. The number of nitrogens with zero attached hydrogens (tertiary/aromatic N) is 2. The molecule has 5 rings (SSSR count). The van der Waals surface area contributed by atoms with Crippen LogP contribution in [0.1, 0.15) is 41.1 Å². The van der Waals surface area contributed by atoms with Crippen LogP contribution in [0.2, 0.25) is 5.02 Å². The van der Waals surface area contributed by atoms with Crippen molar-refractivity contribution in [3.8, 4) is 5.69 Å². The normalized spacial score (nSPS) is 13.5. The first-order valence-electron chi connectivity index (χ1n) is 11.0. The van der Waals surface area contributed by atoms with Crippen LogP contribution in [0.15, 0.2) is 84.9 Å². The monoisotopic (exact) mass is 427 g/mol. The summed E-state index contributed by atoms with van der Waals surface area (Å²) < 4.78 is 2.05. The van der Waals surface area contributed by atoms with Gasteiger partial charge in [-0.25, -0.2) is 4.68 Å². The van der Waals surface area contributed by atoms with Crippen molar-refractivity contribution in [2.45, 2.75) is 31.6 Å². The van der Waals surface area contributed by atoms with Crippen LogP contribution in [-0.4, -0.2) is 16.3 Å². The summed E-state index contributed by atoms with van der Waals surface area (Å²) in [6, 6.07) is 29.5. The van der Waals surface area contributed by atoms with E-state index in [1.54, 1.807) is 0 Å². The third-order valence-electron chi connectivity index (χ3n) is 6.07. The van der Waals surface area contributed by atoms with Gasteiger partial charge in [-0.3, -0.25) is 0 Å². The molecule has 0 atom stereocenters. The first-order chi connectivity index (χ1) is 15.3. The first-order valence-corrected chi connectivity index (χ1v) is 11.4. The van der Waals surface area contributed by atoms with Gasteiger partial charge in [0, 0.05) is 29.5 Å². The van der Waals surface area contributed by atoms with Gasteiger partial charge in [-0.2, -0.15) is 5.10 Å². The fourth-order valence-corrected chi connectivity index (χ4v) is 4.71. The molecule has 3 aromatic carbocycles. The fourth-order valence-electron chi connectivity index (χ4n) is 4.52. The standard InChI is InChI=1S/C27H26ClN3/c28-22-14-9-15-23(18-22)31-27-24(16-7-8-17-29-27)26(30-31)19-25(20-10-3-1-4-11-20)21-12-5-2-6-13-21/h1-6,9-15,18,25,29H,7-8,16-17,19H2. The zero-order valence-corrected chi connectivity index (χ0v) is 18.2. The molecule has 2 heterocycles. The maximum atomic E-state index is 6.30. The van der Waals surface area contributed by atoms with Gasteiger partial charge in [0.25, 0.3) is 0 Å². The van der Waals surface area contributed by atoms with Crippen molar-refractivity contribution in [2.75, 3.05) is 11.9 Å². The molecule has 1 N–H and O–H groups in total. The number of benzene rings is 3. The van der Waals surface area contributed by atoms with Crippen molar-refractivity contribution < 1.29 is 0 Å². The van der Waals surface area contributed by atoms with E-state index < -0.39 is 0 Å². The average molecular weight is 428 g/mol. The van der Waals surface area contributed by atoms with Gasteiger partial charge in [0.1, 0.15) is 5.82 Å². The van der Waals surface area contributed by atoms with Crippen LogP contribution in [0, 0.1) is 0 Å². The highest BCUT2D eigenvalue weighted by Crippen LogP contribution is 2.34. The van der Waals surface area contributed by atoms with Crippen molar-refractivity contribution in [3.05, 3.63) is 112 Å². The molecule has 0 fully saturated rings. The van der Waals surface area contributed by atoms with Crippen LogP contribution in [-0.2, 0) is 12.8 Å². The lowest BCUT2D eigenvalue weighted by Crippen LogP contribution is -2.08. The maximum absolute atomic E-state index is 6.30. The van der Waals surface area contributed by atoms with Gasteiger partial charge in [0.2, 0.25) is 0 Å². The largest absolute Gasteiger partial charge is 0.370 e. The van der Waals surface area contributed by atoms with E-state index in [4.69, 9.17) is 16.7 Å². The molecule has 0 saturated carbocycles. The Kier molecular flexibility index (Phi) is 5.77. The highest BCUT2D eigenvalue weighted by atomic mass is 35.5. The summed E-state index contributed by atoms with van der Waals surface area (Å²) in [4.78, 5) is 0. The minimum absolute atomic E-state index is 0.262. The summed E-state index contributed by atoms with van der Waals surface area (Å²) in [6.45, 7) is 0.972. The van der Waals surface area contributed by atoms with Crippen LogP contribution in [0.5, 0.6) is 0 Å². The van der Waals surface area contributed by atoms with Crippen LogP contribution >= 0.6 is 11.6 Å². The van der Waals surface area contributed by atoms with Gasteiger partial charge in [0.05, 0.1) is 11.4 Å². The second-order valence-electron chi connectivity index (χ2n) is 8.13. The number of hydrogen-bond acceptors (Lipinski definition) is 2. The van der Waals surface area contributed by atoms with Crippen LogP contribution in [0.4, 0.5) is 5.82 Å². The summed E-state index contributed by atoms with van der Waals surface area (Å²) in [5.74, 6) is 1.38. The molecule has 0 radical (unpaired) electrons. The molecule has 156 valence electrons. The van der Waals surface area contributed by atoms with Crippen molar-refractivity contribution in [2.24, 2.45) is 0 Å². The Labute approximate surface area is 188 Å². The van der Waals surface area contributed by atoms with Crippen LogP contribution in [0.25, 0.3) is 5.69 Å². The Balaban J connectivity index is 1.60. The Hall–Kier alpha value is -3.04. The number of aromatic nitrogens is 2. The maximum Gasteiger partial charge on any atom is 0.133 e. The van der Waals surface area contributed by atoms with E-state index in [-0.39, 0.29) is 5.92 Å². The highest BCUT2D eigenvalue weighted by Gasteiger charge is 2.24. The number of nitrogens with one attached hydrogen (secondary N) is 1. The second-order valence-corrected chi connectivity index (χ2v) is 8.56. The van der Waals surface area contributed by atoms with Gasteiger partial charge in [0.15, 0.2) is 0 Å². The van der Waals surface area contributed by atoms with Crippen molar-refractivity contribution in [1.29, 1.82) is 0 Å². The molecule has 1 aliphatic rings. The lowest BCUT2D eigenvalue weighted by atomic mass is 9.86. The third-order valence-corrected chi connectivity index (χ3v) is 6.30. The van der Waals surface area contributed by atoms with Crippen molar-refractivity contribution in [1.82, 2.24) is 9.78 Å². The van der Waals surface area contributed by atoms with Gasteiger partial charge in [-0.05, 0) is 48.6 Å². The third kappa shape index (κ3) is 4.24. The van der Waals surface area contributed by atoms with E-state index in [0.717, 1.165) is 35.9 Å². The van der Waals surface area contributed by atoms with Gasteiger partial charge >= 0.3 is 0 Å². The molecule has 4 aromatic rings. The van der Waals surface area contributed by atoms with E-state index >= 15 is 0 Å². The quantitative estimate of drug-likeness (QED) is 0.386. The lowest BCUT2D eigenvalue weighted by molar-refractivity contribution is 0.727. The Bertz CT molecular complexity index is 1110. The number of halogens is 1. The molecule has 1 aliphatic heterocycles. The minimum atomic E-state index is 0.262. The summed E-state index contributed by atoms with van der Waals surface area (Å²) in [7, 11) is 0. The Morgan fingerprint density at radius 1 is 0.871 bits per heavy atom. The van der Waals surface area contributed by atoms with Gasteiger partial charge in [-0.15, -0.1) is 0 Å². The molecule has 0 amide bonds. The number of hydrogen-bond donors (Lipinski definition) is 1. The van der Waals surface area contributed by atoms with Crippen molar-refractivity contribution in [3.63, 3.8) is 0 Å². The predicted octanol–water partition coefficient (Wildman–Crippen LogP) is 6.65. The molecule has 4 heteroatoms. The molecule has 0 spiro atoms. The summed E-state index contributed by atoms with van der Waals surface area (Å²) >= 11 is 6.30. The molecule has 0 saturated heterocycles. The minimum Gasteiger partial charge on any atom is -0.370 e. The fraction of sp³-hybridized carbons (Fsp3) is 0.222. The molecule has 0 aliphatic carbocycles.